The molecule has 0 aromatic heterocycles. The summed E-state index contributed by atoms with van der Waals surface area (Å²) in [4.78, 5) is 23.8. The molecule has 0 bridgehead atoms. The molecule has 3 atom stereocenters. The van der Waals surface area contributed by atoms with Crippen molar-refractivity contribution in [3.63, 3.8) is 0 Å². The van der Waals surface area contributed by atoms with E-state index in [4.69, 9.17) is 19.9 Å². The fraction of sp³-hybridized carbons (Fsp3) is 0.579. The van der Waals surface area contributed by atoms with Crippen LogP contribution < -0.4 is 5.73 Å². The van der Waals surface area contributed by atoms with Gasteiger partial charge >= 0.3 is 12.1 Å². The van der Waals surface area contributed by atoms with E-state index in [2.05, 4.69) is 0 Å². The first-order chi connectivity index (χ1) is 12.4. The zero-order valence-electron chi connectivity index (χ0n) is 16.4. The molecule has 0 fully saturated rings. The summed E-state index contributed by atoms with van der Waals surface area (Å²) in [6.45, 7) is 9.13. The number of carbonyl (C=O) groups is 2. The Morgan fingerprint density at radius 2 is 1.67 bits per heavy atom. The van der Waals surface area contributed by atoms with E-state index >= 15 is 0 Å². The fourth-order valence-electron chi connectivity index (χ4n) is 1.96. The monoisotopic (exact) mass is 383 g/mol. The maximum Gasteiger partial charge on any atom is 0.508 e. The molecular formula is C19H29NO7. The van der Waals surface area contributed by atoms with Crippen molar-refractivity contribution in [3.8, 4) is 11.5 Å². The lowest BCUT2D eigenvalue weighted by molar-refractivity contribution is -0.155. The van der Waals surface area contributed by atoms with Crippen molar-refractivity contribution in [2.45, 2.75) is 59.3 Å². The van der Waals surface area contributed by atoms with Crippen LogP contribution in [-0.2, 0) is 25.4 Å². The number of phenolic OH excluding ortho intramolecular Hbond substituents is 2. The van der Waals surface area contributed by atoms with E-state index in [1.54, 1.807) is 19.9 Å². The molecule has 1 rings (SSSR count). The molecule has 27 heavy (non-hydrogen) atoms. The van der Waals surface area contributed by atoms with Crippen LogP contribution in [0.15, 0.2) is 18.2 Å². The molecule has 0 spiro atoms. The number of phenols is 2. The van der Waals surface area contributed by atoms with Crippen molar-refractivity contribution in [2.75, 3.05) is 6.61 Å². The third kappa shape index (κ3) is 8.17. The van der Waals surface area contributed by atoms with Crippen molar-refractivity contribution < 1.29 is 34.0 Å². The maximum absolute atomic E-state index is 12.1. The van der Waals surface area contributed by atoms with Crippen molar-refractivity contribution in [2.24, 2.45) is 11.1 Å². The van der Waals surface area contributed by atoms with E-state index in [1.807, 2.05) is 20.8 Å². The van der Waals surface area contributed by atoms with Crippen LogP contribution in [0, 0.1) is 5.41 Å². The third-order valence-electron chi connectivity index (χ3n) is 3.67. The normalized spacial score (nSPS) is 14.7. The van der Waals surface area contributed by atoms with Crippen molar-refractivity contribution in [1.82, 2.24) is 0 Å². The van der Waals surface area contributed by atoms with E-state index in [1.165, 1.54) is 12.1 Å². The van der Waals surface area contributed by atoms with E-state index in [0.29, 0.717) is 5.56 Å². The zero-order chi connectivity index (χ0) is 20.8. The number of nitrogens with two attached hydrogens (primary N) is 1. The molecule has 1 unspecified atom stereocenters. The van der Waals surface area contributed by atoms with Crippen LogP contribution in [0.25, 0.3) is 0 Å². The molecule has 1 aromatic carbocycles. The summed E-state index contributed by atoms with van der Waals surface area (Å²) in [5.41, 5.74) is 6.21. The molecule has 8 heteroatoms. The Bertz CT molecular complexity index is 654. The van der Waals surface area contributed by atoms with Gasteiger partial charge in [0, 0.05) is 0 Å². The van der Waals surface area contributed by atoms with Gasteiger partial charge in [0.2, 0.25) is 0 Å². The van der Waals surface area contributed by atoms with Crippen LogP contribution in [0.3, 0.4) is 0 Å². The first kappa shape index (κ1) is 22.6. The highest BCUT2D eigenvalue weighted by Crippen LogP contribution is 2.25. The van der Waals surface area contributed by atoms with Gasteiger partial charge in [0.15, 0.2) is 11.5 Å². The lowest BCUT2D eigenvalue weighted by atomic mass is 9.99. The van der Waals surface area contributed by atoms with Crippen molar-refractivity contribution in [1.29, 1.82) is 0 Å². The SMILES string of the molecule is CC(OC(=O)[C@@H](N)Cc1ccc(O)c(O)c1)[C@@H](C)OC(=O)OCC(C)(C)C. The van der Waals surface area contributed by atoms with Crippen LogP contribution in [0.2, 0.25) is 0 Å². The van der Waals surface area contributed by atoms with Crippen LogP contribution in [0.5, 0.6) is 11.5 Å². The minimum Gasteiger partial charge on any atom is -0.504 e. The summed E-state index contributed by atoms with van der Waals surface area (Å²) in [6.07, 6.45) is -2.16. The van der Waals surface area contributed by atoms with E-state index in [0.717, 1.165) is 0 Å². The number of carbonyl (C=O) groups excluding carboxylic acids is 2. The van der Waals surface area contributed by atoms with E-state index in [-0.39, 0.29) is 29.9 Å². The summed E-state index contributed by atoms with van der Waals surface area (Å²) >= 11 is 0. The number of ether oxygens (including phenoxy) is 3. The number of hydrogen-bond acceptors (Lipinski definition) is 8. The van der Waals surface area contributed by atoms with Crippen LogP contribution in [0.1, 0.15) is 40.2 Å². The van der Waals surface area contributed by atoms with E-state index < -0.39 is 30.4 Å². The lowest BCUT2D eigenvalue weighted by Gasteiger charge is -2.23. The molecule has 0 heterocycles. The average Bonchev–Trinajstić information content (AvgIpc) is 2.55. The van der Waals surface area contributed by atoms with Crippen LogP contribution >= 0.6 is 0 Å². The second kappa shape index (κ2) is 9.45. The Hall–Kier alpha value is -2.48. The molecule has 0 aliphatic rings. The Kier molecular flexibility index (Phi) is 7.90. The number of hydrogen-bond donors (Lipinski definition) is 3. The highest BCUT2D eigenvalue weighted by molar-refractivity contribution is 5.76. The Balaban J connectivity index is 2.49. The summed E-state index contributed by atoms with van der Waals surface area (Å²) in [6, 6.07) is 3.20. The highest BCUT2D eigenvalue weighted by atomic mass is 16.7. The molecule has 0 saturated carbocycles. The smallest absolute Gasteiger partial charge is 0.504 e. The van der Waals surface area contributed by atoms with Gasteiger partial charge in [-0.15, -0.1) is 0 Å². The number of benzene rings is 1. The largest absolute Gasteiger partial charge is 0.508 e. The molecule has 0 radical (unpaired) electrons. The minimum absolute atomic E-state index is 0.113. The predicted molar refractivity (Wildman–Crippen MR) is 98.4 cm³/mol. The molecule has 4 N–H and O–H groups in total. The molecule has 152 valence electrons. The summed E-state index contributed by atoms with van der Waals surface area (Å²) in [5.74, 6) is -1.22. The molecular weight excluding hydrogens is 354 g/mol. The van der Waals surface area contributed by atoms with Gasteiger partial charge in [-0.3, -0.25) is 4.79 Å². The number of aromatic hydroxyl groups is 2. The lowest BCUT2D eigenvalue weighted by Crippen LogP contribution is -2.39. The second-order valence-electron chi connectivity index (χ2n) is 7.70. The first-order valence-corrected chi connectivity index (χ1v) is 8.69. The standard InChI is InChI=1S/C19H29NO7/c1-11(12(2)27-18(24)25-10-19(3,4)5)26-17(23)14(20)8-13-6-7-15(21)16(22)9-13/h6-7,9,11-12,14,21-22H,8,10,20H2,1-5H3/t11?,12-,14+/m1/s1. The van der Waals surface area contributed by atoms with Gasteiger partial charge in [-0.25, -0.2) is 4.79 Å². The molecule has 0 aliphatic carbocycles. The quantitative estimate of drug-likeness (QED) is 0.484. The van der Waals surface area contributed by atoms with Gasteiger partial charge < -0.3 is 30.2 Å². The molecule has 1 aromatic rings. The van der Waals surface area contributed by atoms with Gasteiger partial charge in [-0.1, -0.05) is 26.8 Å². The molecule has 0 amide bonds. The van der Waals surface area contributed by atoms with Gasteiger partial charge in [-0.2, -0.15) is 0 Å². The van der Waals surface area contributed by atoms with Crippen molar-refractivity contribution >= 4 is 12.1 Å². The van der Waals surface area contributed by atoms with Gasteiger partial charge in [0.05, 0.1) is 6.61 Å². The first-order valence-electron chi connectivity index (χ1n) is 8.69. The Morgan fingerprint density at radius 1 is 1.07 bits per heavy atom. The van der Waals surface area contributed by atoms with Crippen LogP contribution in [0.4, 0.5) is 4.79 Å². The summed E-state index contributed by atoms with van der Waals surface area (Å²) in [7, 11) is 0. The van der Waals surface area contributed by atoms with Crippen molar-refractivity contribution in [3.05, 3.63) is 23.8 Å². The highest BCUT2D eigenvalue weighted by Gasteiger charge is 2.25. The fourth-order valence-corrected chi connectivity index (χ4v) is 1.96. The maximum atomic E-state index is 12.1. The minimum atomic E-state index is -0.976. The van der Waals surface area contributed by atoms with E-state index in [9.17, 15) is 19.8 Å². The Labute approximate surface area is 159 Å². The number of esters is 1. The predicted octanol–water partition coefficient (Wildman–Crippen LogP) is 2.49. The molecule has 0 aliphatic heterocycles. The summed E-state index contributed by atoms with van der Waals surface area (Å²) in [5, 5.41) is 18.8. The molecule has 0 saturated heterocycles. The third-order valence-corrected chi connectivity index (χ3v) is 3.67. The number of rotatable bonds is 7. The zero-order valence-corrected chi connectivity index (χ0v) is 16.4. The summed E-state index contributed by atoms with van der Waals surface area (Å²) < 4.78 is 15.3. The Morgan fingerprint density at radius 3 is 2.22 bits per heavy atom. The molecule has 8 nitrogen and oxygen atoms in total. The topological polar surface area (TPSA) is 128 Å². The van der Waals surface area contributed by atoms with Crippen LogP contribution in [-0.4, -0.2) is 47.2 Å². The van der Waals surface area contributed by atoms with Gasteiger partial charge in [0.1, 0.15) is 18.2 Å². The van der Waals surface area contributed by atoms with Gasteiger partial charge in [-0.05, 0) is 43.4 Å². The average molecular weight is 383 g/mol. The second-order valence-corrected chi connectivity index (χ2v) is 7.70. The van der Waals surface area contributed by atoms with Gasteiger partial charge in [0.25, 0.3) is 0 Å².